The molecular formula is C18H15N3O2S2. The van der Waals surface area contributed by atoms with Crippen molar-refractivity contribution in [3.63, 3.8) is 0 Å². The Morgan fingerprint density at radius 3 is 2.64 bits per heavy atom. The molecule has 7 heteroatoms. The van der Waals surface area contributed by atoms with Crippen LogP contribution in [0.1, 0.15) is 18.1 Å². The second-order valence-corrected chi connectivity index (χ2v) is 8.00. The van der Waals surface area contributed by atoms with E-state index in [0.717, 1.165) is 21.2 Å². The van der Waals surface area contributed by atoms with Gasteiger partial charge in [-0.15, -0.1) is 21.5 Å². The third-order valence-corrected chi connectivity index (χ3v) is 5.90. The van der Waals surface area contributed by atoms with Gasteiger partial charge in [-0.25, -0.2) is 4.98 Å². The second-order valence-electron chi connectivity index (χ2n) is 5.38. The summed E-state index contributed by atoms with van der Waals surface area (Å²) in [5.41, 5.74) is 1.89. The fraction of sp³-hybridized carbons (Fsp3) is 0.167. The Labute approximate surface area is 153 Å². The minimum Gasteiger partial charge on any atom is -0.497 e. The number of thioether (sulfide) groups is 1. The SMILES string of the molecule is COc1ccc(-c2nnc([C@H](C)Sc3nc4ccccc4s3)o2)cc1. The number of para-hydroxylation sites is 1. The third-order valence-electron chi connectivity index (χ3n) is 3.68. The summed E-state index contributed by atoms with van der Waals surface area (Å²) in [4.78, 5) is 4.64. The van der Waals surface area contributed by atoms with E-state index in [-0.39, 0.29) is 5.25 Å². The van der Waals surface area contributed by atoms with Crippen LogP contribution in [0.3, 0.4) is 0 Å². The van der Waals surface area contributed by atoms with Gasteiger partial charge in [0.25, 0.3) is 0 Å². The summed E-state index contributed by atoms with van der Waals surface area (Å²) in [6, 6.07) is 15.7. The zero-order valence-electron chi connectivity index (χ0n) is 13.7. The average molecular weight is 369 g/mol. The van der Waals surface area contributed by atoms with Crippen molar-refractivity contribution in [2.45, 2.75) is 16.5 Å². The lowest BCUT2D eigenvalue weighted by Crippen LogP contribution is -1.88. The number of aromatic nitrogens is 3. The molecule has 4 rings (SSSR count). The minimum absolute atomic E-state index is 0.0278. The number of benzene rings is 2. The van der Waals surface area contributed by atoms with Crippen LogP contribution < -0.4 is 4.74 Å². The highest BCUT2D eigenvalue weighted by Gasteiger charge is 2.18. The van der Waals surface area contributed by atoms with E-state index in [1.165, 1.54) is 4.70 Å². The molecule has 0 bridgehead atoms. The van der Waals surface area contributed by atoms with Gasteiger partial charge in [0, 0.05) is 5.56 Å². The molecule has 0 radical (unpaired) electrons. The van der Waals surface area contributed by atoms with Gasteiger partial charge in [0.1, 0.15) is 5.75 Å². The molecule has 0 saturated heterocycles. The molecular weight excluding hydrogens is 354 g/mol. The maximum Gasteiger partial charge on any atom is 0.247 e. The van der Waals surface area contributed by atoms with Gasteiger partial charge in [-0.1, -0.05) is 23.9 Å². The Balaban J connectivity index is 1.52. The van der Waals surface area contributed by atoms with Gasteiger partial charge in [0.05, 0.1) is 22.6 Å². The molecule has 1 atom stereocenters. The summed E-state index contributed by atoms with van der Waals surface area (Å²) in [6.07, 6.45) is 0. The largest absolute Gasteiger partial charge is 0.497 e. The van der Waals surface area contributed by atoms with Crippen LogP contribution >= 0.6 is 23.1 Å². The first kappa shape index (κ1) is 16.1. The lowest BCUT2D eigenvalue weighted by atomic mass is 10.2. The summed E-state index contributed by atoms with van der Waals surface area (Å²) in [5.74, 6) is 1.90. The summed E-state index contributed by atoms with van der Waals surface area (Å²) in [6.45, 7) is 2.04. The van der Waals surface area contributed by atoms with Crippen molar-refractivity contribution >= 4 is 33.3 Å². The highest BCUT2D eigenvalue weighted by Crippen LogP contribution is 2.38. The number of fused-ring (bicyclic) bond motifs is 1. The van der Waals surface area contributed by atoms with Crippen LogP contribution in [-0.2, 0) is 0 Å². The fourth-order valence-corrected chi connectivity index (χ4v) is 4.59. The standard InChI is InChI=1S/C18H15N3O2S2/c1-11(24-18-19-14-5-3-4-6-15(14)25-18)16-20-21-17(23-16)12-7-9-13(22-2)10-8-12/h3-11H,1-2H3/t11-/m0/s1. The predicted molar refractivity (Wildman–Crippen MR) is 100 cm³/mol. The first-order chi connectivity index (χ1) is 12.2. The molecule has 2 aromatic carbocycles. The zero-order chi connectivity index (χ0) is 17.2. The van der Waals surface area contributed by atoms with Crippen molar-refractivity contribution in [3.8, 4) is 17.2 Å². The number of hydrogen-bond donors (Lipinski definition) is 0. The van der Waals surface area contributed by atoms with E-state index in [1.807, 2.05) is 49.4 Å². The van der Waals surface area contributed by atoms with Crippen molar-refractivity contribution < 1.29 is 9.15 Å². The number of rotatable bonds is 5. The molecule has 4 aromatic rings. The maximum atomic E-state index is 5.84. The van der Waals surface area contributed by atoms with Gasteiger partial charge < -0.3 is 9.15 Å². The zero-order valence-corrected chi connectivity index (χ0v) is 15.3. The first-order valence-electron chi connectivity index (χ1n) is 7.73. The normalized spacial score (nSPS) is 12.4. The summed E-state index contributed by atoms with van der Waals surface area (Å²) >= 11 is 3.30. The van der Waals surface area contributed by atoms with Crippen molar-refractivity contribution in [1.82, 2.24) is 15.2 Å². The topological polar surface area (TPSA) is 61.0 Å². The van der Waals surface area contributed by atoms with E-state index < -0.39 is 0 Å². The molecule has 0 saturated carbocycles. The van der Waals surface area contributed by atoms with Gasteiger partial charge in [-0.2, -0.15) is 0 Å². The molecule has 126 valence electrons. The smallest absolute Gasteiger partial charge is 0.247 e. The number of thiazole rings is 1. The monoisotopic (exact) mass is 369 g/mol. The van der Waals surface area contributed by atoms with Crippen molar-refractivity contribution in [2.75, 3.05) is 7.11 Å². The lowest BCUT2D eigenvalue weighted by Gasteiger charge is -2.03. The quantitative estimate of drug-likeness (QED) is 0.450. The van der Waals surface area contributed by atoms with Gasteiger partial charge in [-0.05, 0) is 43.3 Å². The van der Waals surface area contributed by atoms with Crippen molar-refractivity contribution in [2.24, 2.45) is 0 Å². The van der Waals surface area contributed by atoms with Crippen LogP contribution in [0.2, 0.25) is 0 Å². The van der Waals surface area contributed by atoms with E-state index in [9.17, 15) is 0 Å². The molecule has 5 nitrogen and oxygen atoms in total. The molecule has 0 fully saturated rings. The highest BCUT2D eigenvalue weighted by atomic mass is 32.2. The van der Waals surface area contributed by atoms with E-state index in [0.29, 0.717) is 11.8 Å². The molecule has 2 heterocycles. The molecule has 0 aliphatic carbocycles. The Morgan fingerprint density at radius 2 is 1.88 bits per heavy atom. The highest BCUT2D eigenvalue weighted by molar-refractivity contribution is 8.01. The van der Waals surface area contributed by atoms with Crippen LogP contribution in [-0.4, -0.2) is 22.3 Å². The second kappa shape index (κ2) is 6.85. The van der Waals surface area contributed by atoms with Crippen LogP contribution in [0.15, 0.2) is 57.3 Å². The number of ether oxygens (including phenoxy) is 1. The third kappa shape index (κ3) is 3.38. The van der Waals surface area contributed by atoms with E-state index >= 15 is 0 Å². The Kier molecular flexibility index (Phi) is 4.42. The van der Waals surface area contributed by atoms with Gasteiger partial charge in [0.15, 0.2) is 4.34 Å². The molecule has 0 aliphatic rings. The van der Waals surface area contributed by atoms with Gasteiger partial charge in [0.2, 0.25) is 11.8 Å². The minimum atomic E-state index is 0.0278. The van der Waals surface area contributed by atoms with Gasteiger partial charge in [-0.3, -0.25) is 0 Å². The summed E-state index contributed by atoms with van der Waals surface area (Å²) < 4.78 is 13.2. The summed E-state index contributed by atoms with van der Waals surface area (Å²) in [5, 5.41) is 8.38. The van der Waals surface area contributed by atoms with Crippen molar-refractivity contribution in [3.05, 3.63) is 54.4 Å². The van der Waals surface area contributed by atoms with E-state index in [4.69, 9.17) is 9.15 Å². The molecule has 0 amide bonds. The van der Waals surface area contributed by atoms with Crippen molar-refractivity contribution in [1.29, 1.82) is 0 Å². The Hall–Kier alpha value is -2.38. The van der Waals surface area contributed by atoms with Crippen LogP contribution in [0.4, 0.5) is 0 Å². The van der Waals surface area contributed by atoms with E-state index in [1.54, 1.807) is 30.2 Å². The molecule has 0 N–H and O–H groups in total. The molecule has 0 aliphatic heterocycles. The lowest BCUT2D eigenvalue weighted by molar-refractivity contribution is 0.415. The number of nitrogens with zero attached hydrogens (tertiary/aromatic N) is 3. The molecule has 25 heavy (non-hydrogen) atoms. The number of hydrogen-bond acceptors (Lipinski definition) is 7. The Bertz CT molecular complexity index is 962. The fourth-order valence-electron chi connectivity index (χ4n) is 2.35. The number of methoxy groups -OCH3 is 1. The van der Waals surface area contributed by atoms with Crippen LogP contribution in [0, 0.1) is 0 Å². The molecule has 2 aromatic heterocycles. The van der Waals surface area contributed by atoms with Crippen LogP contribution in [0.25, 0.3) is 21.7 Å². The summed E-state index contributed by atoms with van der Waals surface area (Å²) in [7, 11) is 1.64. The first-order valence-corrected chi connectivity index (χ1v) is 9.42. The predicted octanol–water partition coefficient (Wildman–Crippen LogP) is 5.21. The van der Waals surface area contributed by atoms with E-state index in [2.05, 4.69) is 21.2 Å². The van der Waals surface area contributed by atoms with Gasteiger partial charge >= 0.3 is 0 Å². The molecule has 0 unspecified atom stereocenters. The average Bonchev–Trinajstić information content (AvgIpc) is 3.28. The molecule has 0 spiro atoms. The Morgan fingerprint density at radius 1 is 1.08 bits per heavy atom. The maximum absolute atomic E-state index is 5.84. The van der Waals surface area contributed by atoms with Crippen LogP contribution in [0.5, 0.6) is 5.75 Å².